The highest BCUT2D eigenvalue weighted by molar-refractivity contribution is 5.79. The first kappa shape index (κ1) is 12.5. The summed E-state index contributed by atoms with van der Waals surface area (Å²) >= 11 is 0. The van der Waals surface area contributed by atoms with Gasteiger partial charge in [-0.15, -0.1) is 0 Å². The van der Waals surface area contributed by atoms with Gasteiger partial charge in [-0.1, -0.05) is 20.3 Å². The zero-order chi connectivity index (χ0) is 11.3. The SMILES string of the molecule is CC(CCN)CNC(=O)C1CCCC1C. The zero-order valence-electron chi connectivity index (χ0n) is 9.96. The van der Waals surface area contributed by atoms with Crippen LogP contribution in [0.25, 0.3) is 0 Å². The standard InChI is InChI=1S/C12H24N2O/c1-9(6-7-13)8-14-12(15)11-5-3-4-10(11)2/h9-11H,3-8,13H2,1-2H3,(H,14,15). The lowest BCUT2D eigenvalue weighted by Gasteiger charge is -2.17. The van der Waals surface area contributed by atoms with Crippen LogP contribution in [0.2, 0.25) is 0 Å². The third-order valence-electron chi connectivity index (χ3n) is 3.48. The van der Waals surface area contributed by atoms with Gasteiger partial charge in [0.05, 0.1) is 0 Å². The molecular weight excluding hydrogens is 188 g/mol. The fraction of sp³-hybridized carbons (Fsp3) is 0.917. The van der Waals surface area contributed by atoms with E-state index in [1.54, 1.807) is 0 Å². The van der Waals surface area contributed by atoms with Gasteiger partial charge in [-0.2, -0.15) is 0 Å². The van der Waals surface area contributed by atoms with Crippen molar-refractivity contribution in [2.75, 3.05) is 13.1 Å². The van der Waals surface area contributed by atoms with Gasteiger partial charge in [0.1, 0.15) is 0 Å². The lowest BCUT2D eigenvalue weighted by atomic mass is 9.97. The van der Waals surface area contributed by atoms with Crippen molar-refractivity contribution >= 4 is 5.91 Å². The number of carbonyl (C=O) groups is 1. The molecule has 0 aromatic rings. The van der Waals surface area contributed by atoms with Crippen molar-refractivity contribution in [2.45, 2.75) is 39.5 Å². The maximum Gasteiger partial charge on any atom is 0.223 e. The van der Waals surface area contributed by atoms with Gasteiger partial charge in [0.2, 0.25) is 5.91 Å². The molecule has 3 nitrogen and oxygen atoms in total. The van der Waals surface area contributed by atoms with E-state index in [0.717, 1.165) is 19.4 Å². The Bertz CT molecular complexity index is 206. The van der Waals surface area contributed by atoms with Gasteiger partial charge in [0, 0.05) is 12.5 Å². The molecule has 1 amide bonds. The molecule has 3 heteroatoms. The van der Waals surface area contributed by atoms with Gasteiger partial charge < -0.3 is 11.1 Å². The minimum Gasteiger partial charge on any atom is -0.356 e. The number of nitrogens with one attached hydrogen (secondary N) is 1. The van der Waals surface area contributed by atoms with E-state index in [1.165, 1.54) is 12.8 Å². The average Bonchev–Trinajstić information content (AvgIpc) is 2.61. The molecule has 0 radical (unpaired) electrons. The van der Waals surface area contributed by atoms with Crippen LogP contribution in [-0.2, 0) is 4.79 Å². The quantitative estimate of drug-likeness (QED) is 0.726. The van der Waals surface area contributed by atoms with E-state index in [9.17, 15) is 4.79 Å². The summed E-state index contributed by atoms with van der Waals surface area (Å²) in [5.74, 6) is 1.57. The fourth-order valence-electron chi connectivity index (χ4n) is 2.33. The Hall–Kier alpha value is -0.570. The third-order valence-corrected chi connectivity index (χ3v) is 3.48. The molecule has 3 unspecified atom stereocenters. The molecule has 0 aromatic heterocycles. The maximum absolute atomic E-state index is 11.8. The van der Waals surface area contributed by atoms with E-state index in [1.807, 2.05) is 0 Å². The first-order chi connectivity index (χ1) is 7.15. The summed E-state index contributed by atoms with van der Waals surface area (Å²) < 4.78 is 0. The number of hydrogen-bond acceptors (Lipinski definition) is 2. The minimum atomic E-state index is 0.254. The summed E-state index contributed by atoms with van der Waals surface area (Å²) in [6.07, 6.45) is 4.47. The van der Waals surface area contributed by atoms with Gasteiger partial charge in [-0.3, -0.25) is 4.79 Å². The first-order valence-electron chi connectivity index (χ1n) is 6.13. The first-order valence-corrected chi connectivity index (χ1v) is 6.13. The van der Waals surface area contributed by atoms with Crippen LogP contribution in [0.3, 0.4) is 0 Å². The van der Waals surface area contributed by atoms with Gasteiger partial charge in [0.25, 0.3) is 0 Å². The van der Waals surface area contributed by atoms with E-state index in [-0.39, 0.29) is 11.8 Å². The predicted octanol–water partition coefficient (Wildman–Crippen LogP) is 1.52. The molecule has 0 heterocycles. The van der Waals surface area contributed by atoms with Crippen molar-refractivity contribution in [1.29, 1.82) is 0 Å². The molecule has 1 aliphatic carbocycles. The van der Waals surface area contributed by atoms with E-state index >= 15 is 0 Å². The summed E-state index contributed by atoms with van der Waals surface area (Å²) in [4.78, 5) is 11.8. The molecule has 0 spiro atoms. The van der Waals surface area contributed by atoms with Gasteiger partial charge in [-0.05, 0) is 37.6 Å². The molecule has 0 bridgehead atoms. The molecule has 3 atom stereocenters. The second kappa shape index (κ2) is 6.11. The summed E-state index contributed by atoms with van der Waals surface area (Å²) in [6, 6.07) is 0. The molecule has 88 valence electrons. The number of amides is 1. The Kier molecular flexibility index (Phi) is 5.09. The molecule has 1 aliphatic rings. The molecule has 0 aromatic carbocycles. The van der Waals surface area contributed by atoms with Crippen molar-refractivity contribution in [1.82, 2.24) is 5.32 Å². The largest absolute Gasteiger partial charge is 0.356 e. The van der Waals surface area contributed by atoms with Crippen LogP contribution >= 0.6 is 0 Å². The fourth-order valence-corrected chi connectivity index (χ4v) is 2.33. The predicted molar refractivity (Wildman–Crippen MR) is 62.4 cm³/mol. The van der Waals surface area contributed by atoms with Crippen LogP contribution < -0.4 is 11.1 Å². The van der Waals surface area contributed by atoms with Gasteiger partial charge in [0.15, 0.2) is 0 Å². The molecule has 1 fully saturated rings. The van der Waals surface area contributed by atoms with Crippen LogP contribution in [0, 0.1) is 17.8 Å². The Balaban J connectivity index is 2.23. The molecule has 1 saturated carbocycles. The number of carbonyl (C=O) groups excluding carboxylic acids is 1. The number of rotatable bonds is 5. The van der Waals surface area contributed by atoms with E-state index < -0.39 is 0 Å². The summed E-state index contributed by atoms with van der Waals surface area (Å²) in [5.41, 5.74) is 5.47. The zero-order valence-corrected chi connectivity index (χ0v) is 9.96. The Morgan fingerprint density at radius 2 is 2.27 bits per heavy atom. The van der Waals surface area contributed by atoms with Crippen LogP contribution in [0.4, 0.5) is 0 Å². The van der Waals surface area contributed by atoms with Gasteiger partial charge >= 0.3 is 0 Å². The number of nitrogens with two attached hydrogens (primary N) is 1. The van der Waals surface area contributed by atoms with E-state index in [4.69, 9.17) is 5.73 Å². The van der Waals surface area contributed by atoms with E-state index in [0.29, 0.717) is 18.4 Å². The molecular formula is C12H24N2O. The molecule has 15 heavy (non-hydrogen) atoms. The highest BCUT2D eigenvalue weighted by Crippen LogP contribution is 2.31. The van der Waals surface area contributed by atoms with Crippen molar-refractivity contribution < 1.29 is 4.79 Å². The molecule has 1 rings (SSSR count). The van der Waals surface area contributed by atoms with Crippen LogP contribution in [-0.4, -0.2) is 19.0 Å². The van der Waals surface area contributed by atoms with Crippen LogP contribution in [0.15, 0.2) is 0 Å². The summed E-state index contributed by atoms with van der Waals surface area (Å²) in [5, 5.41) is 3.05. The summed E-state index contributed by atoms with van der Waals surface area (Å²) in [6.45, 7) is 5.79. The van der Waals surface area contributed by atoms with Gasteiger partial charge in [-0.25, -0.2) is 0 Å². The van der Waals surface area contributed by atoms with Crippen molar-refractivity contribution in [3.8, 4) is 0 Å². The second-order valence-corrected chi connectivity index (χ2v) is 4.94. The average molecular weight is 212 g/mol. The third kappa shape index (κ3) is 3.82. The Morgan fingerprint density at radius 3 is 2.80 bits per heavy atom. The highest BCUT2D eigenvalue weighted by Gasteiger charge is 2.29. The normalized spacial score (nSPS) is 27.7. The topological polar surface area (TPSA) is 55.1 Å². The lowest BCUT2D eigenvalue weighted by molar-refractivity contribution is -0.126. The Morgan fingerprint density at radius 1 is 1.53 bits per heavy atom. The van der Waals surface area contributed by atoms with Crippen LogP contribution in [0.1, 0.15) is 39.5 Å². The van der Waals surface area contributed by atoms with Crippen molar-refractivity contribution in [3.05, 3.63) is 0 Å². The van der Waals surface area contributed by atoms with Crippen molar-refractivity contribution in [3.63, 3.8) is 0 Å². The maximum atomic E-state index is 11.8. The second-order valence-electron chi connectivity index (χ2n) is 4.94. The molecule has 3 N–H and O–H groups in total. The van der Waals surface area contributed by atoms with Crippen LogP contribution in [0.5, 0.6) is 0 Å². The molecule has 0 aliphatic heterocycles. The van der Waals surface area contributed by atoms with Crippen molar-refractivity contribution in [2.24, 2.45) is 23.5 Å². The molecule has 0 saturated heterocycles. The minimum absolute atomic E-state index is 0.254. The monoisotopic (exact) mass is 212 g/mol. The highest BCUT2D eigenvalue weighted by atomic mass is 16.1. The lowest BCUT2D eigenvalue weighted by Crippen LogP contribution is -2.35. The van der Waals surface area contributed by atoms with E-state index in [2.05, 4.69) is 19.2 Å². The summed E-state index contributed by atoms with van der Waals surface area (Å²) in [7, 11) is 0. The Labute approximate surface area is 92.8 Å². The smallest absolute Gasteiger partial charge is 0.223 e. The number of hydrogen-bond donors (Lipinski definition) is 2.